The van der Waals surface area contributed by atoms with E-state index in [1.165, 1.54) is 24.5 Å². The van der Waals surface area contributed by atoms with Gasteiger partial charge in [-0.05, 0) is 35.9 Å². The van der Waals surface area contributed by atoms with Crippen molar-refractivity contribution in [1.29, 1.82) is 0 Å². The van der Waals surface area contributed by atoms with Gasteiger partial charge in [-0.25, -0.2) is 4.79 Å². The number of carbonyl (C=O) groups is 1. The molecule has 1 aromatic heterocycles. The van der Waals surface area contributed by atoms with Crippen LogP contribution in [0.4, 0.5) is 0 Å². The number of ether oxygens (including phenoxy) is 1. The van der Waals surface area contributed by atoms with E-state index in [1.54, 1.807) is 6.07 Å². The number of aryl methyl sites for hydroxylation is 1. The van der Waals surface area contributed by atoms with Crippen LogP contribution in [0, 0.1) is 10.1 Å². The fourth-order valence-electron chi connectivity index (χ4n) is 1.12. The van der Waals surface area contributed by atoms with E-state index < -0.39 is 4.92 Å². The molecule has 0 unspecified atom stereocenters. The van der Waals surface area contributed by atoms with Crippen molar-refractivity contribution in [2.75, 3.05) is 7.11 Å². The fourth-order valence-corrected chi connectivity index (χ4v) is 1.99. The molecule has 1 aromatic rings. The maximum Gasteiger partial charge on any atom is 0.348 e. The molecule has 0 amide bonds. The fraction of sp³-hybridized carbons (Fsp3) is 0.300. The maximum absolute atomic E-state index is 11.1. The Morgan fingerprint density at radius 1 is 1.69 bits per heavy atom. The minimum atomic E-state index is -0.493. The quantitative estimate of drug-likeness (QED) is 0.450. The molecule has 0 aliphatic rings. The van der Waals surface area contributed by atoms with Crippen LogP contribution in [0.2, 0.25) is 0 Å². The predicted molar refractivity (Wildman–Crippen MR) is 60.1 cm³/mol. The van der Waals surface area contributed by atoms with Crippen molar-refractivity contribution < 1.29 is 14.5 Å². The van der Waals surface area contributed by atoms with Gasteiger partial charge < -0.3 is 4.74 Å². The molecule has 0 bridgehead atoms. The molecular formula is C10H11NO4S. The summed E-state index contributed by atoms with van der Waals surface area (Å²) in [4.78, 5) is 21.2. The van der Waals surface area contributed by atoms with E-state index in [9.17, 15) is 14.9 Å². The van der Waals surface area contributed by atoms with Crippen LogP contribution in [0.25, 0.3) is 0 Å². The van der Waals surface area contributed by atoms with Gasteiger partial charge in [0.05, 0.1) is 12.0 Å². The van der Waals surface area contributed by atoms with Crippen molar-refractivity contribution in [3.05, 3.63) is 44.3 Å². The number of rotatable bonds is 5. The first kappa shape index (κ1) is 12.4. The van der Waals surface area contributed by atoms with Crippen LogP contribution in [0.15, 0.2) is 23.7 Å². The van der Waals surface area contributed by atoms with E-state index in [2.05, 4.69) is 4.74 Å². The third-order valence-corrected chi connectivity index (χ3v) is 2.83. The number of carbonyl (C=O) groups excluding carboxylic acids is 1. The Morgan fingerprint density at radius 3 is 3.06 bits per heavy atom. The molecule has 0 N–H and O–H groups in total. The normalized spacial score (nSPS) is 10.6. The lowest BCUT2D eigenvalue weighted by atomic mass is 10.2. The van der Waals surface area contributed by atoms with Crippen molar-refractivity contribution in [1.82, 2.24) is 0 Å². The molecular weight excluding hydrogens is 230 g/mol. The Balaban J connectivity index is 2.46. The summed E-state index contributed by atoms with van der Waals surface area (Å²) in [5, 5.41) is 11.9. The SMILES string of the molecule is COC(=O)c1cc(CCC=C[N+](=O)[O-])cs1. The lowest BCUT2D eigenvalue weighted by molar-refractivity contribution is -0.402. The molecule has 6 heteroatoms. The standard InChI is InChI=1S/C10H11NO4S/c1-15-10(12)9-6-8(7-16-9)4-2-3-5-11(13)14/h3,5-7H,2,4H2,1H3. The predicted octanol–water partition coefficient (Wildman–Crippen LogP) is 2.26. The van der Waals surface area contributed by atoms with Gasteiger partial charge >= 0.3 is 5.97 Å². The van der Waals surface area contributed by atoms with E-state index in [-0.39, 0.29) is 5.97 Å². The molecule has 0 saturated carbocycles. The van der Waals surface area contributed by atoms with E-state index in [0.717, 1.165) is 11.8 Å². The molecule has 0 aliphatic carbocycles. The number of nitro groups is 1. The van der Waals surface area contributed by atoms with Gasteiger partial charge in [-0.2, -0.15) is 0 Å². The smallest absolute Gasteiger partial charge is 0.348 e. The minimum Gasteiger partial charge on any atom is -0.465 e. The van der Waals surface area contributed by atoms with Crippen LogP contribution in [-0.2, 0) is 11.2 Å². The number of hydrogen-bond donors (Lipinski definition) is 0. The summed E-state index contributed by atoms with van der Waals surface area (Å²) in [6.07, 6.45) is 3.68. The first-order chi connectivity index (χ1) is 7.63. The van der Waals surface area contributed by atoms with Crippen LogP contribution in [0.3, 0.4) is 0 Å². The van der Waals surface area contributed by atoms with Crippen LogP contribution in [-0.4, -0.2) is 18.0 Å². The van der Waals surface area contributed by atoms with Crippen molar-refractivity contribution in [2.45, 2.75) is 12.8 Å². The summed E-state index contributed by atoms with van der Waals surface area (Å²) in [7, 11) is 1.33. The van der Waals surface area contributed by atoms with Crippen molar-refractivity contribution in [2.24, 2.45) is 0 Å². The zero-order valence-electron chi connectivity index (χ0n) is 8.71. The molecule has 0 spiro atoms. The lowest BCUT2D eigenvalue weighted by Gasteiger charge is -1.92. The Morgan fingerprint density at radius 2 is 2.44 bits per heavy atom. The number of hydrogen-bond acceptors (Lipinski definition) is 5. The Labute approximate surface area is 96.5 Å². The average molecular weight is 241 g/mol. The van der Waals surface area contributed by atoms with Gasteiger partial charge in [-0.1, -0.05) is 0 Å². The van der Waals surface area contributed by atoms with Crippen molar-refractivity contribution >= 4 is 17.3 Å². The second-order valence-corrected chi connectivity index (χ2v) is 3.93. The second-order valence-electron chi connectivity index (χ2n) is 3.02. The molecule has 0 fully saturated rings. The average Bonchev–Trinajstić information content (AvgIpc) is 2.71. The molecule has 0 aliphatic heterocycles. The highest BCUT2D eigenvalue weighted by Gasteiger charge is 2.08. The van der Waals surface area contributed by atoms with E-state index in [4.69, 9.17) is 0 Å². The molecule has 1 heterocycles. The Kier molecular flexibility index (Phi) is 4.65. The molecule has 16 heavy (non-hydrogen) atoms. The molecule has 86 valence electrons. The van der Waals surface area contributed by atoms with Gasteiger partial charge in [-0.3, -0.25) is 10.1 Å². The van der Waals surface area contributed by atoms with Gasteiger partial charge in [0.25, 0.3) is 0 Å². The van der Waals surface area contributed by atoms with Crippen molar-refractivity contribution in [3.8, 4) is 0 Å². The number of esters is 1. The van der Waals surface area contributed by atoms with Gasteiger partial charge in [0.2, 0.25) is 6.20 Å². The number of methoxy groups -OCH3 is 1. The molecule has 1 rings (SSSR count). The Bertz CT molecular complexity index is 411. The second kappa shape index (κ2) is 6.02. The molecule has 0 radical (unpaired) electrons. The summed E-state index contributed by atoms with van der Waals surface area (Å²) in [6.45, 7) is 0. The lowest BCUT2D eigenvalue weighted by Crippen LogP contribution is -1.97. The molecule has 0 atom stereocenters. The van der Waals surface area contributed by atoms with Crippen LogP contribution >= 0.6 is 11.3 Å². The zero-order chi connectivity index (χ0) is 12.0. The highest BCUT2D eigenvalue weighted by Crippen LogP contribution is 2.17. The van der Waals surface area contributed by atoms with Gasteiger partial charge in [0, 0.05) is 0 Å². The van der Waals surface area contributed by atoms with E-state index in [1.807, 2.05) is 5.38 Å². The van der Waals surface area contributed by atoms with Crippen LogP contribution in [0.1, 0.15) is 21.7 Å². The summed E-state index contributed by atoms with van der Waals surface area (Å²) < 4.78 is 4.57. The highest BCUT2D eigenvalue weighted by atomic mass is 32.1. The Hall–Kier alpha value is -1.69. The van der Waals surface area contributed by atoms with E-state index in [0.29, 0.717) is 17.7 Å². The summed E-state index contributed by atoms with van der Waals surface area (Å²) in [5.41, 5.74) is 0.985. The monoisotopic (exact) mass is 241 g/mol. The van der Waals surface area contributed by atoms with Gasteiger partial charge in [0.15, 0.2) is 0 Å². The third-order valence-electron chi connectivity index (χ3n) is 1.87. The molecule has 0 saturated heterocycles. The minimum absolute atomic E-state index is 0.350. The number of nitrogens with zero attached hydrogens (tertiary/aromatic N) is 1. The highest BCUT2D eigenvalue weighted by molar-refractivity contribution is 7.12. The third kappa shape index (κ3) is 3.82. The summed E-state index contributed by atoms with van der Waals surface area (Å²) in [5.74, 6) is -0.350. The van der Waals surface area contributed by atoms with Crippen LogP contribution < -0.4 is 0 Å². The first-order valence-electron chi connectivity index (χ1n) is 4.59. The van der Waals surface area contributed by atoms with Crippen molar-refractivity contribution in [3.63, 3.8) is 0 Å². The van der Waals surface area contributed by atoms with Gasteiger partial charge in [0.1, 0.15) is 4.88 Å². The van der Waals surface area contributed by atoms with Crippen LogP contribution in [0.5, 0.6) is 0 Å². The largest absolute Gasteiger partial charge is 0.465 e. The zero-order valence-corrected chi connectivity index (χ0v) is 9.53. The number of allylic oxidation sites excluding steroid dienone is 1. The first-order valence-corrected chi connectivity index (χ1v) is 5.47. The number of thiophene rings is 1. The topological polar surface area (TPSA) is 69.4 Å². The summed E-state index contributed by atoms with van der Waals surface area (Å²) >= 11 is 1.31. The summed E-state index contributed by atoms with van der Waals surface area (Å²) in [6, 6.07) is 1.75. The van der Waals surface area contributed by atoms with E-state index >= 15 is 0 Å². The molecule has 0 aromatic carbocycles. The van der Waals surface area contributed by atoms with Gasteiger partial charge in [-0.15, -0.1) is 11.3 Å². The molecule has 5 nitrogen and oxygen atoms in total. The maximum atomic E-state index is 11.1.